The van der Waals surface area contributed by atoms with E-state index in [9.17, 15) is 9.59 Å². The molecule has 0 bridgehead atoms. The summed E-state index contributed by atoms with van der Waals surface area (Å²) < 4.78 is 0. The first kappa shape index (κ1) is 24.8. The first-order chi connectivity index (χ1) is 16.7. The van der Waals surface area contributed by atoms with E-state index >= 15 is 0 Å². The van der Waals surface area contributed by atoms with Gasteiger partial charge in [0, 0.05) is 37.8 Å². The van der Waals surface area contributed by atoms with E-state index in [0.29, 0.717) is 37.2 Å². The Morgan fingerprint density at radius 3 is 1.50 bits per heavy atom. The summed E-state index contributed by atoms with van der Waals surface area (Å²) >= 11 is 0. The highest BCUT2D eigenvalue weighted by Gasteiger charge is 2.22. The molecule has 0 aliphatic carbocycles. The number of benzene rings is 2. The van der Waals surface area contributed by atoms with Crippen LogP contribution in [0.2, 0.25) is 0 Å². The molecule has 2 aliphatic rings. The summed E-state index contributed by atoms with van der Waals surface area (Å²) in [6, 6.07) is 17.4. The normalized spacial score (nSPS) is 19.3. The maximum atomic E-state index is 12.5. The zero-order valence-electron chi connectivity index (χ0n) is 20.5. The number of carbonyl (C=O) groups is 2. The third-order valence-electron chi connectivity index (χ3n) is 7.46. The Morgan fingerprint density at radius 1 is 0.618 bits per heavy atom. The molecule has 0 saturated carbocycles. The van der Waals surface area contributed by atoms with E-state index in [2.05, 4.69) is 59.2 Å². The van der Waals surface area contributed by atoms with Crippen molar-refractivity contribution >= 4 is 11.6 Å². The van der Waals surface area contributed by atoms with Crippen molar-refractivity contribution in [1.29, 1.82) is 0 Å². The van der Waals surface area contributed by atoms with Crippen LogP contribution in [-0.4, -0.2) is 24.7 Å². The molecule has 0 saturated heterocycles. The molecule has 0 radical (unpaired) electrons. The lowest BCUT2D eigenvalue weighted by Crippen LogP contribution is -2.31. The van der Waals surface area contributed by atoms with Gasteiger partial charge in [-0.2, -0.15) is 0 Å². The van der Waals surface area contributed by atoms with Gasteiger partial charge in [0.1, 0.15) is 11.6 Å². The van der Waals surface area contributed by atoms with Crippen LogP contribution >= 0.6 is 0 Å². The highest BCUT2D eigenvalue weighted by molar-refractivity contribution is 5.79. The van der Waals surface area contributed by atoms with Gasteiger partial charge in [-0.05, 0) is 61.0 Å². The van der Waals surface area contributed by atoms with Crippen LogP contribution in [-0.2, 0) is 22.4 Å². The molecular formula is C30H40N2O2. The van der Waals surface area contributed by atoms with E-state index in [4.69, 9.17) is 0 Å². The molecule has 2 aromatic rings. The molecule has 2 heterocycles. The van der Waals surface area contributed by atoms with Crippen molar-refractivity contribution in [1.82, 2.24) is 10.6 Å². The number of hydrogen-bond donors (Lipinski definition) is 2. The van der Waals surface area contributed by atoms with Crippen molar-refractivity contribution in [2.75, 3.05) is 13.1 Å². The SMILES string of the molecule is O=C(CCCCCCCCC(=O)CC1NCCc2ccccc21)CC1NCCc2ccccc21. The lowest BCUT2D eigenvalue weighted by atomic mass is 9.90. The van der Waals surface area contributed by atoms with E-state index in [1.807, 2.05) is 0 Å². The largest absolute Gasteiger partial charge is 0.309 e. The molecule has 0 amide bonds. The van der Waals surface area contributed by atoms with E-state index in [1.165, 1.54) is 22.3 Å². The zero-order chi connectivity index (χ0) is 23.6. The third-order valence-corrected chi connectivity index (χ3v) is 7.46. The molecule has 4 rings (SSSR count). The maximum absolute atomic E-state index is 12.5. The lowest BCUT2D eigenvalue weighted by molar-refractivity contribution is -0.120. The molecule has 4 nitrogen and oxygen atoms in total. The monoisotopic (exact) mass is 460 g/mol. The second-order valence-electron chi connectivity index (χ2n) is 10.0. The Bertz CT molecular complexity index is 877. The number of rotatable bonds is 13. The van der Waals surface area contributed by atoms with Crippen molar-refractivity contribution in [3.63, 3.8) is 0 Å². The quantitative estimate of drug-likeness (QED) is 0.371. The van der Waals surface area contributed by atoms with E-state index in [1.54, 1.807) is 0 Å². The minimum absolute atomic E-state index is 0.187. The van der Waals surface area contributed by atoms with Gasteiger partial charge in [-0.25, -0.2) is 0 Å². The van der Waals surface area contributed by atoms with Crippen LogP contribution < -0.4 is 10.6 Å². The van der Waals surface area contributed by atoms with Gasteiger partial charge in [0.05, 0.1) is 0 Å². The minimum Gasteiger partial charge on any atom is -0.309 e. The van der Waals surface area contributed by atoms with Crippen LogP contribution in [0.1, 0.15) is 98.5 Å². The van der Waals surface area contributed by atoms with E-state index in [-0.39, 0.29) is 12.1 Å². The highest BCUT2D eigenvalue weighted by atomic mass is 16.1. The average molecular weight is 461 g/mol. The molecule has 182 valence electrons. The lowest BCUT2D eigenvalue weighted by Gasteiger charge is -2.26. The Labute approximate surface area is 204 Å². The van der Waals surface area contributed by atoms with Gasteiger partial charge in [-0.1, -0.05) is 74.2 Å². The molecule has 0 fully saturated rings. The van der Waals surface area contributed by atoms with Crippen LogP contribution in [0.4, 0.5) is 0 Å². The van der Waals surface area contributed by atoms with Crippen molar-refractivity contribution in [3.05, 3.63) is 70.8 Å². The van der Waals surface area contributed by atoms with Crippen molar-refractivity contribution in [2.45, 2.75) is 89.1 Å². The van der Waals surface area contributed by atoms with Gasteiger partial charge in [0.25, 0.3) is 0 Å². The van der Waals surface area contributed by atoms with Gasteiger partial charge in [-0.15, -0.1) is 0 Å². The Hall–Kier alpha value is -2.30. The number of Topliss-reactive ketones (excluding diaryl/α,β-unsaturated/α-hetero) is 2. The van der Waals surface area contributed by atoms with E-state index < -0.39 is 0 Å². The van der Waals surface area contributed by atoms with Crippen LogP contribution in [0.25, 0.3) is 0 Å². The first-order valence-electron chi connectivity index (χ1n) is 13.4. The standard InChI is InChI=1S/C30H40N2O2/c33-25(21-29-27-15-9-7-11-23(27)17-19-31-29)13-5-3-1-2-4-6-14-26(34)22-30-28-16-10-8-12-24(28)18-20-32-30/h7-12,15-16,29-32H,1-6,13-14,17-22H2. The minimum atomic E-state index is 0.187. The predicted octanol–water partition coefficient (Wildman–Crippen LogP) is 5.80. The number of unbranched alkanes of at least 4 members (excludes halogenated alkanes) is 5. The fourth-order valence-corrected chi connectivity index (χ4v) is 5.56. The molecule has 2 atom stereocenters. The summed E-state index contributed by atoms with van der Waals surface area (Å²) in [4.78, 5) is 25.0. The Kier molecular flexibility index (Phi) is 9.46. The molecule has 34 heavy (non-hydrogen) atoms. The molecule has 2 N–H and O–H groups in total. The number of ketones is 2. The maximum Gasteiger partial charge on any atom is 0.134 e. The smallest absolute Gasteiger partial charge is 0.134 e. The Balaban J connectivity index is 1.04. The van der Waals surface area contributed by atoms with Crippen molar-refractivity contribution in [3.8, 4) is 0 Å². The predicted molar refractivity (Wildman–Crippen MR) is 138 cm³/mol. The second kappa shape index (κ2) is 13.0. The van der Waals surface area contributed by atoms with Gasteiger partial charge in [0.15, 0.2) is 0 Å². The highest BCUT2D eigenvalue weighted by Crippen LogP contribution is 2.27. The van der Waals surface area contributed by atoms with Crippen LogP contribution in [0.15, 0.2) is 48.5 Å². The molecular weight excluding hydrogens is 420 g/mol. The average Bonchev–Trinajstić information content (AvgIpc) is 2.86. The zero-order valence-corrected chi connectivity index (χ0v) is 20.5. The van der Waals surface area contributed by atoms with Crippen molar-refractivity contribution in [2.24, 2.45) is 0 Å². The Morgan fingerprint density at radius 2 is 1.03 bits per heavy atom. The molecule has 2 unspecified atom stereocenters. The summed E-state index contributed by atoms with van der Waals surface area (Å²) in [5.74, 6) is 0.746. The first-order valence-corrected chi connectivity index (χ1v) is 13.4. The summed E-state index contributed by atoms with van der Waals surface area (Å²) in [5.41, 5.74) is 5.38. The van der Waals surface area contributed by atoms with Gasteiger partial charge in [-0.3, -0.25) is 9.59 Å². The number of nitrogens with one attached hydrogen (secondary N) is 2. The second-order valence-corrected chi connectivity index (χ2v) is 10.0. The van der Waals surface area contributed by atoms with Gasteiger partial charge in [0.2, 0.25) is 0 Å². The number of hydrogen-bond acceptors (Lipinski definition) is 4. The number of fused-ring (bicyclic) bond motifs is 2. The summed E-state index contributed by atoms with van der Waals surface area (Å²) in [5, 5.41) is 7.04. The fourth-order valence-electron chi connectivity index (χ4n) is 5.56. The number of carbonyl (C=O) groups excluding carboxylic acids is 2. The molecule has 4 heteroatoms. The third kappa shape index (κ3) is 7.10. The van der Waals surface area contributed by atoms with Crippen LogP contribution in [0.5, 0.6) is 0 Å². The summed E-state index contributed by atoms with van der Waals surface area (Å²) in [6.07, 6.45) is 11.2. The fraction of sp³-hybridized carbons (Fsp3) is 0.533. The molecule has 0 spiro atoms. The van der Waals surface area contributed by atoms with E-state index in [0.717, 1.165) is 64.5 Å². The van der Waals surface area contributed by atoms with Gasteiger partial charge >= 0.3 is 0 Å². The van der Waals surface area contributed by atoms with Crippen LogP contribution in [0, 0.1) is 0 Å². The van der Waals surface area contributed by atoms with Crippen molar-refractivity contribution < 1.29 is 9.59 Å². The molecule has 0 aromatic heterocycles. The summed E-state index contributed by atoms with van der Waals surface area (Å²) in [6.45, 7) is 1.92. The van der Waals surface area contributed by atoms with Gasteiger partial charge < -0.3 is 10.6 Å². The molecule has 2 aromatic carbocycles. The topological polar surface area (TPSA) is 58.2 Å². The summed E-state index contributed by atoms with van der Waals surface area (Å²) in [7, 11) is 0. The van der Waals surface area contributed by atoms with Crippen LogP contribution in [0.3, 0.4) is 0 Å². The molecule has 2 aliphatic heterocycles.